The highest BCUT2D eigenvalue weighted by atomic mass is 16.6. The number of carbonyl (C=O) groups is 1. The van der Waals surface area contributed by atoms with E-state index in [1.807, 2.05) is 0 Å². The first-order valence-electron chi connectivity index (χ1n) is 8.52. The number of non-ortho nitro benzene ring substituents is 1. The Hall–Kier alpha value is -2.90. The van der Waals surface area contributed by atoms with Crippen molar-refractivity contribution in [3.05, 3.63) is 44.3 Å². The van der Waals surface area contributed by atoms with Gasteiger partial charge in [0.15, 0.2) is 11.3 Å². The molecule has 0 bridgehead atoms. The molecule has 26 heavy (non-hydrogen) atoms. The third-order valence-electron chi connectivity index (χ3n) is 4.89. The average Bonchev–Trinajstić information content (AvgIpc) is 2.62. The minimum atomic E-state index is -0.800. The second kappa shape index (κ2) is 7.15. The molecule has 0 aliphatic heterocycles. The molecule has 1 aromatic heterocycles. The lowest BCUT2D eigenvalue weighted by Gasteiger charge is -2.29. The zero-order valence-corrected chi connectivity index (χ0v) is 14.6. The lowest BCUT2D eigenvalue weighted by Crippen LogP contribution is -2.42. The number of nitrogens with zero attached hydrogens (tertiary/aromatic N) is 1. The molecule has 1 aliphatic carbocycles. The zero-order chi connectivity index (χ0) is 18.8. The van der Waals surface area contributed by atoms with Crippen molar-refractivity contribution in [3.63, 3.8) is 0 Å². The molecule has 0 unspecified atom stereocenters. The average molecular weight is 360 g/mol. The number of rotatable bonds is 4. The van der Waals surface area contributed by atoms with Crippen molar-refractivity contribution in [2.75, 3.05) is 7.11 Å². The second-order valence-electron chi connectivity index (χ2n) is 6.61. The van der Waals surface area contributed by atoms with Crippen molar-refractivity contribution >= 4 is 22.6 Å². The standard InChI is InChI=1S/C18H20N2O6/c1-10-5-3-4-6-14(10)19-17(21)13-8-11-7-12(20(23)24)9-15(25-2)16(11)26-18(13)22/h7-10,14H,3-6H2,1-2H3,(H,19,21)/t10-,14+/m0/s1. The van der Waals surface area contributed by atoms with Gasteiger partial charge in [-0.25, -0.2) is 4.79 Å². The monoisotopic (exact) mass is 360 g/mol. The largest absolute Gasteiger partial charge is 0.493 e. The minimum Gasteiger partial charge on any atom is -0.493 e. The summed E-state index contributed by atoms with van der Waals surface area (Å²) < 4.78 is 10.3. The number of ether oxygens (including phenoxy) is 1. The zero-order valence-electron chi connectivity index (χ0n) is 14.6. The first kappa shape index (κ1) is 17.9. The highest BCUT2D eigenvalue weighted by Gasteiger charge is 2.25. The molecular formula is C18H20N2O6. The van der Waals surface area contributed by atoms with Gasteiger partial charge in [-0.1, -0.05) is 19.8 Å². The van der Waals surface area contributed by atoms with E-state index >= 15 is 0 Å². The van der Waals surface area contributed by atoms with Gasteiger partial charge < -0.3 is 14.5 Å². The molecule has 0 radical (unpaired) electrons. The minimum absolute atomic E-state index is 0.00555. The number of methoxy groups -OCH3 is 1. The first-order chi connectivity index (χ1) is 12.4. The summed E-state index contributed by atoms with van der Waals surface area (Å²) in [6.45, 7) is 2.07. The Kier molecular flexibility index (Phi) is 4.92. The number of amides is 1. The van der Waals surface area contributed by atoms with Crippen molar-refractivity contribution in [2.45, 2.75) is 38.6 Å². The second-order valence-corrected chi connectivity index (χ2v) is 6.61. The molecule has 1 heterocycles. The van der Waals surface area contributed by atoms with Gasteiger partial charge in [0.25, 0.3) is 11.6 Å². The summed E-state index contributed by atoms with van der Waals surface area (Å²) >= 11 is 0. The molecule has 1 aliphatic rings. The summed E-state index contributed by atoms with van der Waals surface area (Å²) in [5.74, 6) is -0.120. The summed E-state index contributed by atoms with van der Waals surface area (Å²) in [5, 5.41) is 14.2. The number of nitro benzene ring substituents is 1. The normalized spacial score (nSPS) is 19.9. The quantitative estimate of drug-likeness (QED) is 0.509. The van der Waals surface area contributed by atoms with Gasteiger partial charge >= 0.3 is 5.63 Å². The van der Waals surface area contributed by atoms with Gasteiger partial charge in [-0.3, -0.25) is 14.9 Å². The Balaban J connectivity index is 2.00. The maximum absolute atomic E-state index is 12.6. The summed E-state index contributed by atoms with van der Waals surface area (Å²) in [5.41, 5.74) is -1.11. The highest BCUT2D eigenvalue weighted by Crippen LogP contribution is 2.30. The Labute approximate surface area is 149 Å². The predicted molar refractivity (Wildman–Crippen MR) is 94.6 cm³/mol. The Morgan fingerprint density at radius 1 is 1.31 bits per heavy atom. The number of nitrogens with one attached hydrogen (secondary N) is 1. The number of hydrogen-bond donors (Lipinski definition) is 1. The smallest absolute Gasteiger partial charge is 0.349 e. The van der Waals surface area contributed by atoms with Crippen LogP contribution in [0.4, 0.5) is 5.69 Å². The van der Waals surface area contributed by atoms with Crippen LogP contribution in [-0.4, -0.2) is 24.0 Å². The van der Waals surface area contributed by atoms with E-state index in [0.717, 1.165) is 25.7 Å². The van der Waals surface area contributed by atoms with Crippen LogP contribution in [0.2, 0.25) is 0 Å². The fourth-order valence-corrected chi connectivity index (χ4v) is 3.38. The van der Waals surface area contributed by atoms with Crippen molar-refractivity contribution in [3.8, 4) is 5.75 Å². The van der Waals surface area contributed by atoms with Gasteiger partial charge in [0, 0.05) is 17.5 Å². The van der Waals surface area contributed by atoms with Crippen LogP contribution in [0.15, 0.2) is 27.4 Å². The van der Waals surface area contributed by atoms with E-state index in [-0.39, 0.29) is 34.0 Å². The number of hydrogen-bond acceptors (Lipinski definition) is 6. The molecule has 1 N–H and O–H groups in total. The molecular weight excluding hydrogens is 340 g/mol. The fourth-order valence-electron chi connectivity index (χ4n) is 3.38. The predicted octanol–water partition coefficient (Wildman–Crippen LogP) is 3.02. The van der Waals surface area contributed by atoms with E-state index in [0.29, 0.717) is 5.92 Å². The van der Waals surface area contributed by atoms with E-state index in [1.54, 1.807) is 0 Å². The summed E-state index contributed by atoms with van der Waals surface area (Å²) in [4.78, 5) is 35.3. The van der Waals surface area contributed by atoms with Crippen LogP contribution in [0, 0.1) is 16.0 Å². The van der Waals surface area contributed by atoms with Crippen LogP contribution in [0.25, 0.3) is 11.0 Å². The number of fused-ring (bicyclic) bond motifs is 1. The summed E-state index contributed by atoms with van der Waals surface area (Å²) in [6, 6.07) is 3.75. The third kappa shape index (κ3) is 3.40. The van der Waals surface area contributed by atoms with Crippen LogP contribution in [0.5, 0.6) is 5.75 Å². The van der Waals surface area contributed by atoms with Gasteiger partial charge in [-0.05, 0) is 24.8 Å². The SMILES string of the molecule is COc1cc([N+](=O)[O-])cc2cc(C(=O)N[C@@H]3CCCC[C@@H]3C)c(=O)oc12. The van der Waals surface area contributed by atoms with Gasteiger partial charge in [-0.2, -0.15) is 0 Å². The number of carbonyl (C=O) groups excluding carboxylic acids is 1. The molecule has 1 saturated carbocycles. The lowest BCUT2D eigenvalue weighted by atomic mass is 9.86. The van der Waals surface area contributed by atoms with Crippen LogP contribution >= 0.6 is 0 Å². The van der Waals surface area contributed by atoms with Gasteiger partial charge in [0.2, 0.25) is 0 Å². The van der Waals surface area contributed by atoms with E-state index in [2.05, 4.69) is 12.2 Å². The summed E-state index contributed by atoms with van der Waals surface area (Å²) in [7, 11) is 1.32. The van der Waals surface area contributed by atoms with Crippen LogP contribution in [0.1, 0.15) is 43.0 Å². The van der Waals surface area contributed by atoms with E-state index < -0.39 is 16.5 Å². The van der Waals surface area contributed by atoms with Gasteiger partial charge in [-0.15, -0.1) is 0 Å². The Morgan fingerprint density at radius 2 is 2.04 bits per heavy atom. The number of nitro groups is 1. The molecule has 8 heteroatoms. The van der Waals surface area contributed by atoms with Crippen molar-refractivity contribution in [2.24, 2.45) is 5.92 Å². The molecule has 2 atom stereocenters. The maximum atomic E-state index is 12.6. The molecule has 0 spiro atoms. The van der Waals surface area contributed by atoms with E-state index in [9.17, 15) is 19.7 Å². The Bertz CT molecular complexity index is 920. The van der Waals surface area contributed by atoms with Crippen LogP contribution < -0.4 is 15.7 Å². The van der Waals surface area contributed by atoms with Gasteiger partial charge in [0.1, 0.15) is 5.56 Å². The molecule has 1 fully saturated rings. The molecule has 2 aromatic rings. The molecule has 3 rings (SSSR count). The molecule has 138 valence electrons. The molecule has 1 amide bonds. The molecule has 8 nitrogen and oxygen atoms in total. The molecule has 1 aromatic carbocycles. The maximum Gasteiger partial charge on any atom is 0.349 e. The highest BCUT2D eigenvalue weighted by molar-refractivity contribution is 5.98. The van der Waals surface area contributed by atoms with E-state index in [1.165, 1.54) is 25.3 Å². The van der Waals surface area contributed by atoms with Crippen molar-refractivity contribution in [1.29, 1.82) is 0 Å². The van der Waals surface area contributed by atoms with Crippen molar-refractivity contribution in [1.82, 2.24) is 5.32 Å². The van der Waals surface area contributed by atoms with Crippen LogP contribution in [-0.2, 0) is 0 Å². The van der Waals surface area contributed by atoms with Crippen LogP contribution in [0.3, 0.4) is 0 Å². The number of benzene rings is 1. The topological polar surface area (TPSA) is 112 Å². The Morgan fingerprint density at radius 3 is 2.69 bits per heavy atom. The van der Waals surface area contributed by atoms with Crippen molar-refractivity contribution < 1.29 is 18.9 Å². The molecule has 0 saturated heterocycles. The summed E-state index contributed by atoms with van der Waals surface area (Å²) in [6.07, 6.45) is 4.06. The first-order valence-corrected chi connectivity index (χ1v) is 8.52. The van der Waals surface area contributed by atoms with E-state index in [4.69, 9.17) is 9.15 Å². The third-order valence-corrected chi connectivity index (χ3v) is 4.89. The fraction of sp³-hybridized carbons (Fsp3) is 0.444. The lowest BCUT2D eigenvalue weighted by molar-refractivity contribution is -0.384. The van der Waals surface area contributed by atoms with Gasteiger partial charge in [0.05, 0.1) is 18.1 Å².